The predicted octanol–water partition coefficient (Wildman–Crippen LogP) is 1.57. The number of methoxy groups -OCH3 is 1. The fraction of sp³-hybridized carbons (Fsp3) is 0.500. The molecule has 24 heavy (non-hydrogen) atoms. The molecule has 0 aliphatic heterocycles. The summed E-state index contributed by atoms with van der Waals surface area (Å²) in [6.07, 6.45) is -1.07. The predicted molar refractivity (Wildman–Crippen MR) is 85.3 cm³/mol. The monoisotopic (exact) mass is 360 g/mol. The van der Waals surface area contributed by atoms with Gasteiger partial charge in [0.05, 0.1) is 16.9 Å². The average molecular weight is 360 g/mol. The van der Waals surface area contributed by atoms with Crippen LogP contribution in [0.25, 0.3) is 0 Å². The summed E-state index contributed by atoms with van der Waals surface area (Å²) in [5.41, 5.74) is -0.543. The standard InChI is InChI=1S/C14H20N2O7S/c1-5-15(6-2)24(20,21)11-7-8-13(12(9-11)16(18)19)23-10(3)14(17)22-4/h7-10H,5-6H2,1-4H3/t10-/m0/s1. The van der Waals surface area contributed by atoms with Crippen LogP contribution in [0.4, 0.5) is 5.69 Å². The summed E-state index contributed by atoms with van der Waals surface area (Å²) in [7, 11) is -2.68. The number of esters is 1. The first-order valence-electron chi connectivity index (χ1n) is 7.22. The van der Waals surface area contributed by atoms with Crippen molar-refractivity contribution in [1.82, 2.24) is 4.31 Å². The van der Waals surface area contributed by atoms with Gasteiger partial charge in [0, 0.05) is 19.2 Å². The van der Waals surface area contributed by atoms with E-state index >= 15 is 0 Å². The molecule has 0 unspecified atom stereocenters. The van der Waals surface area contributed by atoms with Gasteiger partial charge in [-0.3, -0.25) is 10.1 Å². The molecule has 0 fully saturated rings. The molecule has 0 spiro atoms. The maximum absolute atomic E-state index is 12.4. The van der Waals surface area contributed by atoms with Gasteiger partial charge in [0.1, 0.15) is 0 Å². The molecule has 0 aliphatic carbocycles. The van der Waals surface area contributed by atoms with Crippen LogP contribution in [0.2, 0.25) is 0 Å². The number of ether oxygens (including phenoxy) is 2. The normalized spacial score (nSPS) is 12.7. The lowest BCUT2D eigenvalue weighted by molar-refractivity contribution is -0.386. The lowest BCUT2D eigenvalue weighted by Crippen LogP contribution is -2.30. The van der Waals surface area contributed by atoms with E-state index in [0.29, 0.717) is 0 Å². The smallest absolute Gasteiger partial charge is 0.346 e. The van der Waals surface area contributed by atoms with Crippen molar-refractivity contribution in [2.24, 2.45) is 0 Å². The molecule has 134 valence electrons. The number of nitrogens with zero attached hydrogens (tertiary/aromatic N) is 2. The van der Waals surface area contributed by atoms with Crippen LogP contribution < -0.4 is 4.74 Å². The quantitative estimate of drug-likeness (QED) is 0.392. The van der Waals surface area contributed by atoms with E-state index in [4.69, 9.17) is 4.74 Å². The average Bonchev–Trinajstić information content (AvgIpc) is 2.54. The molecular formula is C14H20N2O7S. The van der Waals surface area contributed by atoms with E-state index in [2.05, 4.69) is 4.74 Å². The van der Waals surface area contributed by atoms with E-state index in [-0.39, 0.29) is 23.7 Å². The lowest BCUT2D eigenvalue weighted by atomic mass is 10.3. The Bertz CT molecular complexity index is 714. The number of sulfonamides is 1. The van der Waals surface area contributed by atoms with Crippen molar-refractivity contribution in [3.63, 3.8) is 0 Å². The van der Waals surface area contributed by atoms with Gasteiger partial charge in [0.2, 0.25) is 10.0 Å². The van der Waals surface area contributed by atoms with Crippen LogP contribution in [-0.2, 0) is 19.6 Å². The fourth-order valence-electron chi connectivity index (χ4n) is 2.02. The summed E-state index contributed by atoms with van der Waals surface area (Å²) in [5.74, 6) is -0.916. The Labute approximate surface area is 140 Å². The zero-order valence-corrected chi connectivity index (χ0v) is 14.7. The zero-order valence-electron chi connectivity index (χ0n) is 13.9. The van der Waals surface area contributed by atoms with Crippen LogP contribution in [0.5, 0.6) is 5.75 Å². The zero-order chi connectivity index (χ0) is 18.5. The highest BCUT2D eigenvalue weighted by Gasteiger charge is 2.27. The van der Waals surface area contributed by atoms with Crippen molar-refractivity contribution >= 4 is 21.7 Å². The van der Waals surface area contributed by atoms with Crippen LogP contribution in [-0.4, -0.2) is 49.9 Å². The van der Waals surface area contributed by atoms with Crippen LogP contribution in [0.15, 0.2) is 23.1 Å². The maximum Gasteiger partial charge on any atom is 0.346 e. The molecule has 0 bridgehead atoms. The van der Waals surface area contributed by atoms with E-state index in [1.165, 1.54) is 17.3 Å². The molecule has 0 heterocycles. The number of carbonyl (C=O) groups is 1. The van der Waals surface area contributed by atoms with E-state index < -0.39 is 32.7 Å². The van der Waals surface area contributed by atoms with Crippen molar-refractivity contribution in [3.05, 3.63) is 28.3 Å². The largest absolute Gasteiger partial charge is 0.472 e. The molecule has 0 aromatic heterocycles. The van der Waals surface area contributed by atoms with Gasteiger partial charge in [0.15, 0.2) is 11.9 Å². The molecule has 0 aliphatic rings. The van der Waals surface area contributed by atoms with Gasteiger partial charge >= 0.3 is 11.7 Å². The second kappa shape index (κ2) is 8.06. The summed E-state index contributed by atoms with van der Waals surface area (Å²) in [5, 5.41) is 11.2. The summed E-state index contributed by atoms with van der Waals surface area (Å²) in [6.45, 7) is 5.20. The highest BCUT2D eigenvalue weighted by molar-refractivity contribution is 7.89. The third-order valence-corrected chi connectivity index (χ3v) is 5.35. The first-order valence-corrected chi connectivity index (χ1v) is 8.66. The number of benzene rings is 1. The van der Waals surface area contributed by atoms with Gasteiger partial charge < -0.3 is 9.47 Å². The maximum atomic E-state index is 12.4. The summed E-state index contributed by atoms with van der Waals surface area (Å²) < 4.78 is 35.8. The van der Waals surface area contributed by atoms with Gasteiger partial charge in [-0.1, -0.05) is 13.8 Å². The van der Waals surface area contributed by atoms with Gasteiger partial charge in [-0.25, -0.2) is 13.2 Å². The molecule has 1 rings (SSSR count). The molecule has 0 saturated carbocycles. The van der Waals surface area contributed by atoms with Crippen molar-refractivity contribution in [1.29, 1.82) is 0 Å². The molecule has 0 radical (unpaired) electrons. The molecule has 10 heteroatoms. The number of carbonyl (C=O) groups excluding carboxylic acids is 1. The fourth-order valence-corrected chi connectivity index (χ4v) is 3.50. The first kappa shape index (κ1) is 19.8. The Kier molecular flexibility index (Phi) is 6.67. The third kappa shape index (κ3) is 4.20. The summed E-state index contributed by atoms with van der Waals surface area (Å²) in [6, 6.07) is 3.29. The van der Waals surface area contributed by atoms with E-state index in [1.807, 2.05) is 0 Å². The second-order valence-corrected chi connectivity index (χ2v) is 6.70. The molecule has 0 N–H and O–H groups in total. The first-order chi connectivity index (χ1) is 11.2. The van der Waals surface area contributed by atoms with Crippen molar-refractivity contribution in [3.8, 4) is 5.75 Å². The minimum Gasteiger partial charge on any atom is -0.472 e. The Morgan fingerprint density at radius 3 is 2.38 bits per heavy atom. The minimum absolute atomic E-state index is 0.212. The highest BCUT2D eigenvalue weighted by Crippen LogP contribution is 2.31. The Morgan fingerprint density at radius 1 is 1.33 bits per heavy atom. The summed E-state index contributed by atoms with van der Waals surface area (Å²) >= 11 is 0. The molecule has 9 nitrogen and oxygen atoms in total. The van der Waals surface area contributed by atoms with Gasteiger partial charge in [-0.05, 0) is 19.1 Å². The van der Waals surface area contributed by atoms with Gasteiger partial charge in [-0.2, -0.15) is 4.31 Å². The SMILES string of the molecule is CCN(CC)S(=O)(=O)c1ccc(O[C@@H](C)C(=O)OC)c([N+](=O)[O-])c1. The van der Waals surface area contributed by atoms with Crippen molar-refractivity contribution in [2.75, 3.05) is 20.2 Å². The molecule has 0 saturated heterocycles. The minimum atomic E-state index is -3.84. The highest BCUT2D eigenvalue weighted by atomic mass is 32.2. The second-order valence-electron chi connectivity index (χ2n) is 4.76. The van der Waals surface area contributed by atoms with Crippen molar-refractivity contribution < 1.29 is 27.6 Å². The molecule has 1 atom stereocenters. The Hall–Kier alpha value is -2.20. The van der Waals surface area contributed by atoms with Gasteiger partial charge in [-0.15, -0.1) is 0 Å². The van der Waals surface area contributed by atoms with E-state index in [9.17, 15) is 23.3 Å². The van der Waals surface area contributed by atoms with Crippen molar-refractivity contribution in [2.45, 2.75) is 31.8 Å². The Morgan fingerprint density at radius 2 is 1.92 bits per heavy atom. The molecule has 1 aromatic carbocycles. The number of nitro benzene ring substituents is 1. The number of nitro groups is 1. The number of rotatable bonds is 8. The molecule has 1 aromatic rings. The van der Waals surface area contributed by atoms with Crippen LogP contribution in [0, 0.1) is 10.1 Å². The number of hydrogen-bond donors (Lipinski definition) is 0. The number of hydrogen-bond acceptors (Lipinski definition) is 7. The van der Waals surface area contributed by atoms with Gasteiger partial charge in [0.25, 0.3) is 0 Å². The molecular weight excluding hydrogens is 340 g/mol. The third-order valence-electron chi connectivity index (χ3n) is 3.31. The topological polar surface area (TPSA) is 116 Å². The van der Waals surface area contributed by atoms with E-state index in [1.54, 1.807) is 13.8 Å². The van der Waals surface area contributed by atoms with E-state index in [0.717, 1.165) is 19.2 Å². The van der Waals surface area contributed by atoms with Crippen LogP contribution in [0.3, 0.4) is 0 Å². The summed E-state index contributed by atoms with van der Waals surface area (Å²) in [4.78, 5) is 21.6. The lowest BCUT2D eigenvalue weighted by Gasteiger charge is -2.19. The Balaban J connectivity index is 3.30. The van der Waals surface area contributed by atoms with Crippen LogP contribution >= 0.6 is 0 Å². The molecule has 0 amide bonds. The van der Waals surface area contributed by atoms with Crippen LogP contribution in [0.1, 0.15) is 20.8 Å².